The van der Waals surface area contributed by atoms with E-state index in [1.54, 1.807) is 12.2 Å². The topological polar surface area (TPSA) is 52.6 Å². The average molecular weight is 302 g/mol. The van der Waals surface area contributed by atoms with E-state index >= 15 is 0 Å². The maximum Gasteiger partial charge on any atom is 0.303 e. The van der Waals surface area contributed by atoms with E-state index in [-0.39, 0.29) is 24.1 Å². The lowest BCUT2D eigenvalue weighted by Gasteiger charge is -2.16. The van der Waals surface area contributed by atoms with Gasteiger partial charge in [0, 0.05) is 26.7 Å². The molecule has 1 aromatic rings. The normalized spacial score (nSPS) is 13.4. The summed E-state index contributed by atoms with van der Waals surface area (Å²) in [5.41, 5.74) is 0.926. The van der Waals surface area contributed by atoms with Crippen LogP contribution in [0.25, 0.3) is 0 Å². The predicted octanol–water partition coefficient (Wildman–Crippen LogP) is 3.74. The van der Waals surface area contributed by atoms with Gasteiger partial charge in [-0.3, -0.25) is 9.59 Å². The van der Waals surface area contributed by atoms with E-state index in [0.717, 1.165) is 5.56 Å². The van der Waals surface area contributed by atoms with Crippen LogP contribution in [0.15, 0.2) is 55.1 Å². The minimum Gasteiger partial charge on any atom is -0.458 e. The molecule has 0 bridgehead atoms. The third kappa shape index (κ3) is 6.88. The third-order valence-electron chi connectivity index (χ3n) is 2.90. The highest BCUT2D eigenvalue weighted by Crippen LogP contribution is 2.22. The Bertz CT molecular complexity index is 519. The first-order chi connectivity index (χ1) is 10.5. The largest absolute Gasteiger partial charge is 0.458 e. The second-order valence-corrected chi connectivity index (χ2v) is 4.84. The third-order valence-corrected chi connectivity index (χ3v) is 2.90. The molecule has 4 nitrogen and oxygen atoms in total. The Labute approximate surface area is 131 Å². The van der Waals surface area contributed by atoms with Gasteiger partial charge >= 0.3 is 11.9 Å². The van der Waals surface area contributed by atoms with Crippen molar-refractivity contribution in [2.45, 2.75) is 38.9 Å². The summed E-state index contributed by atoms with van der Waals surface area (Å²) >= 11 is 0. The summed E-state index contributed by atoms with van der Waals surface area (Å²) in [6.07, 6.45) is 5.71. The number of ether oxygens (including phenoxy) is 2. The van der Waals surface area contributed by atoms with Crippen LogP contribution in [-0.4, -0.2) is 18.0 Å². The summed E-state index contributed by atoms with van der Waals surface area (Å²) in [4.78, 5) is 22.3. The van der Waals surface area contributed by atoms with Gasteiger partial charge in [0.2, 0.25) is 0 Å². The van der Waals surface area contributed by atoms with Crippen LogP contribution in [0.5, 0.6) is 0 Å². The highest BCUT2D eigenvalue weighted by Gasteiger charge is 2.13. The van der Waals surface area contributed by atoms with Crippen LogP contribution in [0.1, 0.15) is 38.4 Å². The van der Waals surface area contributed by atoms with E-state index < -0.39 is 0 Å². The Kier molecular flexibility index (Phi) is 7.68. The van der Waals surface area contributed by atoms with Crippen molar-refractivity contribution in [3.05, 3.63) is 60.7 Å². The van der Waals surface area contributed by atoms with Gasteiger partial charge in [0.05, 0.1) is 0 Å². The van der Waals surface area contributed by atoms with Crippen molar-refractivity contribution >= 4 is 11.9 Å². The second kappa shape index (κ2) is 9.55. The smallest absolute Gasteiger partial charge is 0.303 e. The van der Waals surface area contributed by atoms with Gasteiger partial charge in [0.1, 0.15) is 12.2 Å². The van der Waals surface area contributed by atoms with E-state index in [2.05, 4.69) is 6.58 Å². The highest BCUT2D eigenvalue weighted by atomic mass is 16.5. The molecule has 0 fully saturated rings. The maximum atomic E-state index is 11.2. The van der Waals surface area contributed by atoms with E-state index in [0.29, 0.717) is 12.8 Å². The molecule has 1 aromatic carbocycles. The van der Waals surface area contributed by atoms with Crippen LogP contribution in [-0.2, 0) is 19.1 Å². The first-order valence-electron chi connectivity index (χ1n) is 7.20. The summed E-state index contributed by atoms with van der Waals surface area (Å²) in [6.45, 7) is 6.40. The number of carbonyl (C=O) groups is 2. The molecule has 0 saturated heterocycles. The van der Waals surface area contributed by atoms with Crippen LogP contribution in [0, 0.1) is 0 Å². The van der Waals surface area contributed by atoms with Crippen molar-refractivity contribution in [1.82, 2.24) is 0 Å². The van der Waals surface area contributed by atoms with Gasteiger partial charge in [-0.25, -0.2) is 0 Å². The fourth-order valence-corrected chi connectivity index (χ4v) is 2.02. The molecule has 0 saturated carbocycles. The molecule has 0 unspecified atom stereocenters. The molecule has 0 N–H and O–H groups in total. The van der Waals surface area contributed by atoms with Crippen LogP contribution in [0.2, 0.25) is 0 Å². The van der Waals surface area contributed by atoms with Crippen molar-refractivity contribution < 1.29 is 19.1 Å². The van der Waals surface area contributed by atoms with Gasteiger partial charge in [-0.15, -0.1) is 6.58 Å². The summed E-state index contributed by atoms with van der Waals surface area (Å²) in [7, 11) is 0. The Morgan fingerprint density at radius 2 is 1.73 bits per heavy atom. The predicted molar refractivity (Wildman–Crippen MR) is 85.1 cm³/mol. The lowest BCUT2D eigenvalue weighted by molar-refractivity contribution is -0.146. The Balaban J connectivity index is 2.72. The van der Waals surface area contributed by atoms with Crippen LogP contribution in [0.3, 0.4) is 0 Å². The number of hydrogen-bond acceptors (Lipinski definition) is 4. The second-order valence-electron chi connectivity index (χ2n) is 4.84. The monoisotopic (exact) mass is 302 g/mol. The SMILES string of the molecule is C=CC[C@H](/C=C/C[C@H](OC(C)=O)c1ccccc1)OC(C)=O. The molecule has 0 amide bonds. The molecular formula is C18H22O4. The molecule has 0 heterocycles. The zero-order valence-corrected chi connectivity index (χ0v) is 13.0. The van der Waals surface area contributed by atoms with Gasteiger partial charge in [-0.1, -0.05) is 42.5 Å². The lowest BCUT2D eigenvalue weighted by Crippen LogP contribution is -2.13. The molecule has 0 aromatic heterocycles. The van der Waals surface area contributed by atoms with E-state index in [1.165, 1.54) is 13.8 Å². The van der Waals surface area contributed by atoms with Crippen LogP contribution < -0.4 is 0 Å². The van der Waals surface area contributed by atoms with Crippen molar-refractivity contribution in [3.63, 3.8) is 0 Å². The first kappa shape index (κ1) is 17.7. The van der Waals surface area contributed by atoms with E-state index in [4.69, 9.17) is 9.47 Å². The summed E-state index contributed by atoms with van der Waals surface area (Å²) in [5, 5.41) is 0. The van der Waals surface area contributed by atoms with Crippen molar-refractivity contribution in [2.24, 2.45) is 0 Å². The lowest BCUT2D eigenvalue weighted by atomic mass is 10.1. The molecule has 1 rings (SSSR count). The number of rotatable bonds is 8. The molecular weight excluding hydrogens is 280 g/mol. The number of carbonyl (C=O) groups excluding carboxylic acids is 2. The van der Waals surface area contributed by atoms with Crippen molar-refractivity contribution in [3.8, 4) is 0 Å². The Morgan fingerprint density at radius 3 is 2.27 bits per heavy atom. The number of benzene rings is 1. The molecule has 4 heteroatoms. The highest BCUT2D eigenvalue weighted by molar-refractivity contribution is 5.66. The standard InChI is InChI=1S/C18H22O4/c1-4-9-17(21-14(2)19)12-8-13-18(22-15(3)20)16-10-6-5-7-11-16/h4-8,10-12,17-18H,1,9,13H2,2-3H3/b12-8+/t17-,18+/m1/s1. The van der Waals surface area contributed by atoms with Gasteiger partial charge in [-0.05, 0) is 11.6 Å². The number of hydrogen-bond donors (Lipinski definition) is 0. The van der Waals surface area contributed by atoms with Crippen LogP contribution >= 0.6 is 0 Å². The summed E-state index contributed by atoms with van der Waals surface area (Å²) in [5.74, 6) is -0.666. The Hall–Kier alpha value is -2.36. The molecule has 0 radical (unpaired) electrons. The van der Waals surface area contributed by atoms with E-state index in [9.17, 15) is 9.59 Å². The van der Waals surface area contributed by atoms with Gasteiger partial charge < -0.3 is 9.47 Å². The van der Waals surface area contributed by atoms with E-state index in [1.807, 2.05) is 36.4 Å². The fourth-order valence-electron chi connectivity index (χ4n) is 2.02. The summed E-state index contributed by atoms with van der Waals surface area (Å²) in [6, 6.07) is 9.53. The molecule has 0 aliphatic rings. The van der Waals surface area contributed by atoms with Crippen molar-refractivity contribution in [1.29, 1.82) is 0 Å². The molecule has 0 aliphatic carbocycles. The zero-order chi connectivity index (χ0) is 16.4. The molecule has 2 atom stereocenters. The maximum absolute atomic E-state index is 11.2. The first-order valence-corrected chi connectivity index (χ1v) is 7.20. The molecule has 22 heavy (non-hydrogen) atoms. The van der Waals surface area contributed by atoms with Crippen molar-refractivity contribution in [2.75, 3.05) is 0 Å². The number of esters is 2. The molecule has 0 spiro atoms. The zero-order valence-electron chi connectivity index (χ0n) is 13.0. The molecule has 0 aliphatic heterocycles. The molecule has 118 valence electrons. The summed E-state index contributed by atoms with van der Waals surface area (Å²) < 4.78 is 10.5. The minimum atomic E-state index is -0.350. The average Bonchev–Trinajstić information content (AvgIpc) is 2.46. The quantitative estimate of drug-likeness (QED) is 0.542. The Morgan fingerprint density at radius 1 is 1.09 bits per heavy atom. The fraction of sp³-hybridized carbons (Fsp3) is 0.333. The van der Waals surface area contributed by atoms with Gasteiger partial charge in [-0.2, -0.15) is 0 Å². The van der Waals surface area contributed by atoms with Gasteiger partial charge in [0.15, 0.2) is 0 Å². The van der Waals surface area contributed by atoms with Crippen LogP contribution in [0.4, 0.5) is 0 Å². The van der Waals surface area contributed by atoms with Gasteiger partial charge in [0.25, 0.3) is 0 Å². The minimum absolute atomic E-state index is 0.329.